The molecular formula is C23H21N7O5S2. The van der Waals surface area contributed by atoms with Crippen molar-refractivity contribution in [2.75, 3.05) is 18.1 Å². The number of fused-ring (bicyclic) bond motifs is 2. The van der Waals surface area contributed by atoms with Crippen molar-refractivity contribution in [1.29, 1.82) is 0 Å². The zero-order valence-electron chi connectivity index (χ0n) is 19.2. The number of H-pyrrole nitrogens is 1. The van der Waals surface area contributed by atoms with E-state index in [1.807, 2.05) is 28.9 Å². The number of thioether (sulfide) groups is 1. The Morgan fingerprint density at radius 3 is 3.03 bits per heavy atom. The van der Waals surface area contributed by atoms with Gasteiger partial charge in [0.25, 0.3) is 11.8 Å². The summed E-state index contributed by atoms with van der Waals surface area (Å²) >= 11 is 2.48. The van der Waals surface area contributed by atoms with Crippen LogP contribution in [0.2, 0.25) is 0 Å². The number of nitrogens with zero attached hydrogens (tertiary/aromatic N) is 4. The number of nitrogens with one attached hydrogen (secondary N) is 2. The maximum absolute atomic E-state index is 13.1. The summed E-state index contributed by atoms with van der Waals surface area (Å²) in [6, 6.07) is 4.72. The first-order valence-electron chi connectivity index (χ1n) is 11.1. The number of pyridine rings is 1. The number of anilines is 1. The molecule has 12 nitrogen and oxygen atoms in total. The number of amides is 2. The van der Waals surface area contributed by atoms with Gasteiger partial charge in [-0.15, -0.1) is 23.1 Å². The lowest BCUT2D eigenvalue weighted by molar-refractivity contribution is -0.576. The van der Waals surface area contributed by atoms with E-state index >= 15 is 0 Å². The largest absolute Gasteiger partial charge is 0.543 e. The van der Waals surface area contributed by atoms with E-state index in [2.05, 4.69) is 27.1 Å². The van der Waals surface area contributed by atoms with Crippen LogP contribution in [0.4, 0.5) is 5.13 Å². The van der Waals surface area contributed by atoms with Crippen molar-refractivity contribution in [2.24, 2.45) is 5.16 Å². The molecule has 2 aliphatic rings. The number of carbonyl (C=O) groups is 3. The highest BCUT2D eigenvalue weighted by Crippen LogP contribution is 2.41. The van der Waals surface area contributed by atoms with Crippen molar-refractivity contribution in [1.82, 2.24) is 20.3 Å². The van der Waals surface area contributed by atoms with Gasteiger partial charge in [0, 0.05) is 29.7 Å². The fraction of sp³-hybridized carbons (Fsp3) is 0.217. The zero-order valence-corrected chi connectivity index (χ0v) is 20.9. The standard InChI is InChI=1S/C23H21N7O5S2/c1-2-7-35-28-16(14-11-37-23(24)26-14)19(31)27-17-20(32)30-18(22(33)34)13(10-36-21(17)30)8-12-9-25-29-6-4-3-5-15(12)29/h2-6,9,11,17,21H,1,7-8,10H2,(H4,24,26,27,31,33,34)/b28-16-/t17-,21+/m1/s1. The number of hydrogen-bond acceptors (Lipinski definition) is 10. The van der Waals surface area contributed by atoms with Crippen LogP contribution in [0.3, 0.4) is 0 Å². The Balaban J connectivity index is 1.36. The minimum absolute atomic E-state index is 0.0580. The van der Waals surface area contributed by atoms with E-state index in [-0.39, 0.29) is 28.8 Å². The Hall–Kier alpha value is -4.17. The molecule has 5 rings (SSSR count). The van der Waals surface area contributed by atoms with Gasteiger partial charge in [-0.25, -0.2) is 4.98 Å². The Bertz CT molecular complexity index is 1480. The summed E-state index contributed by atoms with van der Waals surface area (Å²) in [5.74, 6) is -2.35. The van der Waals surface area contributed by atoms with Crippen molar-refractivity contribution < 1.29 is 28.8 Å². The predicted octanol–water partition coefficient (Wildman–Crippen LogP) is -0.655. The molecule has 3 aromatic rings. The van der Waals surface area contributed by atoms with Crippen molar-refractivity contribution in [3.8, 4) is 0 Å². The predicted molar refractivity (Wildman–Crippen MR) is 134 cm³/mol. The SMILES string of the molecule is C=CCO/N=C(\C(=O)N[C@@H]1C(=O)N2C(C(=O)[O-])=C(Cc3c[nH][n+]4ccccc34)CS[C@@H]12)c1csc(N)n1. The van der Waals surface area contributed by atoms with E-state index in [1.54, 1.807) is 11.6 Å². The summed E-state index contributed by atoms with van der Waals surface area (Å²) in [5.41, 5.74) is 7.90. The van der Waals surface area contributed by atoms with Crippen LogP contribution in [0.25, 0.3) is 5.52 Å². The fourth-order valence-corrected chi connectivity index (χ4v) is 6.08. The van der Waals surface area contributed by atoms with Crippen molar-refractivity contribution in [2.45, 2.75) is 17.8 Å². The van der Waals surface area contributed by atoms with Crippen LogP contribution in [0.1, 0.15) is 11.3 Å². The second-order valence-corrected chi connectivity index (χ2v) is 10.1. The first kappa shape index (κ1) is 24.5. The van der Waals surface area contributed by atoms with Crippen LogP contribution in [-0.4, -0.2) is 62.3 Å². The molecule has 0 bridgehead atoms. The average Bonchev–Trinajstić information content (AvgIpc) is 3.50. The molecule has 0 aliphatic carbocycles. The zero-order chi connectivity index (χ0) is 26.1. The van der Waals surface area contributed by atoms with Gasteiger partial charge in [0.15, 0.2) is 17.0 Å². The van der Waals surface area contributed by atoms with Crippen molar-refractivity contribution in [3.63, 3.8) is 0 Å². The number of carboxylic acids is 1. The minimum Gasteiger partial charge on any atom is -0.543 e. The third-order valence-corrected chi connectivity index (χ3v) is 7.84. The number of thiazole rings is 1. The fourth-order valence-electron chi connectivity index (χ4n) is 4.18. The van der Waals surface area contributed by atoms with Gasteiger partial charge in [-0.05, 0) is 11.6 Å². The van der Waals surface area contributed by atoms with Gasteiger partial charge in [-0.3, -0.25) is 14.5 Å². The van der Waals surface area contributed by atoms with Gasteiger partial charge >= 0.3 is 0 Å². The molecule has 0 spiro atoms. The van der Waals surface area contributed by atoms with Crippen LogP contribution < -0.4 is 20.7 Å². The Labute approximate surface area is 218 Å². The molecule has 0 saturated carbocycles. The first-order chi connectivity index (χ1) is 17.9. The smallest absolute Gasteiger partial charge is 0.276 e. The number of β-lactam (4-membered cyclic amide) rings is 1. The molecule has 2 atom stereocenters. The summed E-state index contributed by atoms with van der Waals surface area (Å²) < 4.78 is 1.82. The molecule has 3 aromatic heterocycles. The first-order valence-corrected chi connectivity index (χ1v) is 13.0. The highest BCUT2D eigenvalue weighted by Gasteiger charge is 2.53. The number of aromatic amines is 1. The number of rotatable bonds is 9. The molecule has 2 amide bonds. The number of hydrogen-bond donors (Lipinski definition) is 3. The summed E-state index contributed by atoms with van der Waals surface area (Å²) in [4.78, 5) is 48.6. The third-order valence-electron chi connectivity index (χ3n) is 5.83. The average molecular weight is 540 g/mol. The van der Waals surface area contributed by atoms with Crippen LogP contribution in [0.5, 0.6) is 0 Å². The Kier molecular flexibility index (Phi) is 6.67. The number of nitrogen functional groups attached to an aromatic ring is 1. The van der Waals surface area contributed by atoms with Gasteiger partial charge in [0.05, 0.1) is 23.4 Å². The third kappa shape index (κ3) is 4.56. The number of oxime groups is 1. The Morgan fingerprint density at radius 1 is 1.46 bits per heavy atom. The van der Waals surface area contributed by atoms with E-state index in [1.165, 1.54) is 22.7 Å². The van der Waals surface area contributed by atoms with Gasteiger partial charge < -0.3 is 25.8 Å². The van der Waals surface area contributed by atoms with Crippen LogP contribution >= 0.6 is 23.1 Å². The summed E-state index contributed by atoms with van der Waals surface area (Å²) in [7, 11) is 0. The van der Waals surface area contributed by atoms with Crippen molar-refractivity contribution >= 4 is 57.2 Å². The second-order valence-electron chi connectivity index (χ2n) is 8.13. The molecule has 0 unspecified atom stereocenters. The van der Waals surface area contributed by atoms with E-state index in [0.29, 0.717) is 17.7 Å². The molecular weight excluding hydrogens is 518 g/mol. The van der Waals surface area contributed by atoms with Gasteiger partial charge in [-0.1, -0.05) is 22.3 Å². The normalized spacial score (nSPS) is 19.4. The highest BCUT2D eigenvalue weighted by molar-refractivity contribution is 8.00. The molecule has 37 heavy (non-hydrogen) atoms. The molecule has 190 valence electrons. The van der Waals surface area contributed by atoms with E-state index in [9.17, 15) is 19.5 Å². The number of carbonyl (C=O) groups excluding carboxylic acids is 3. The van der Waals surface area contributed by atoms with E-state index < -0.39 is 29.2 Å². The number of aliphatic carboxylic acids is 1. The monoisotopic (exact) mass is 539 g/mol. The van der Waals surface area contributed by atoms with Gasteiger partial charge in [0.1, 0.15) is 23.7 Å². The van der Waals surface area contributed by atoms with Crippen LogP contribution in [0, 0.1) is 0 Å². The molecule has 4 N–H and O–H groups in total. The van der Waals surface area contributed by atoms with Crippen LogP contribution in [-0.2, 0) is 25.6 Å². The number of carboxylic acid groups (broad SMARTS) is 1. The maximum atomic E-state index is 13.1. The molecule has 1 saturated heterocycles. The Morgan fingerprint density at radius 2 is 2.30 bits per heavy atom. The molecule has 2 aliphatic heterocycles. The molecule has 1 fully saturated rings. The summed E-state index contributed by atoms with van der Waals surface area (Å²) in [5, 5.41) is 22.9. The number of nitrogens with two attached hydrogens (primary N) is 1. The maximum Gasteiger partial charge on any atom is 0.276 e. The lowest BCUT2D eigenvalue weighted by Crippen LogP contribution is -2.71. The van der Waals surface area contributed by atoms with Crippen LogP contribution in [0.15, 0.2) is 65.1 Å². The molecule has 14 heteroatoms. The van der Waals surface area contributed by atoms with Gasteiger partial charge in [0.2, 0.25) is 5.52 Å². The lowest BCUT2D eigenvalue weighted by atomic mass is 9.99. The summed E-state index contributed by atoms with van der Waals surface area (Å²) in [6.07, 6.45) is 5.43. The van der Waals surface area contributed by atoms with Crippen molar-refractivity contribution in [3.05, 3.63) is 71.2 Å². The quantitative estimate of drug-likeness (QED) is 0.0804. The topological polar surface area (TPSA) is 170 Å². The molecule has 0 radical (unpaired) electrons. The van der Waals surface area contributed by atoms with E-state index in [0.717, 1.165) is 22.4 Å². The van der Waals surface area contributed by atoms with E-state index in [4.69, 9.17) is 10.6 Å². The molecule has 0 aromatic carbocycles. The lowest BCUT2D eigenvalue weighted by Gasteiger charge is -2.50. The number of aromatic nitrogens is 3. The minimum atomic E-state index is -1.44. The van der Waals surface area contributed by atoms with Gasteiger partial charge in [-0.2, -0.15) is 5.10 Å². The molecule has 5 heterocycles. The summed E-state index contributed by atoms with van der Waals surface area (Å²) in [6.45, 7) is 3.59. The second kappa shape index (κ2) is 10.1. The highest BCUT2D eigenvalue weighted by atomic mass is 32.2.